The summed E-state index contributed by atoms with van der Waals surface area (Å²) in [4.78, 5) is 13.9. The third-order valence-electron chi connectivity index (χ3n) is 1.24. The standard InChI is InChI=1S/C6H8N2O3/c1-2-3-4(5(9)10)8-6(7)11-3/h2H2,1H3,(H2,7,8)(H,9,10). The lowest BCUT2D eigenvalue weighted by molar-refractivity contribution is 0.0689. The second-order valence-electron chi connectivity index (χ2n) is 1.98. The first-order valence-corrected chi connectivity index (χ1v) is 3.13. The van der Waals surface area contributed by atoms with E-state index in [-0.39, 0.29) is 11.7 Å². The van der Waals surface area contributed by atoms with Crippen molar-refractivity contribution in [2.45, 2.75) is 13.3 Å². The molecule has 60 valence electrons. The summed E-state index contributed by atoms with van der Waals surface area (Å²) in [5, 5.41) is 8.53. The topological polar surface area (TPSA) is 89.4 Å². The number of carbonyl (C=O) groups is 1. The van der Waals surface area contributed by atoms with E-state index in [2.05, 4.69) is 4.98 Å². The minimum atomic E-state index is -1.11. The molecule has 0 atom stereocenters. The Hall–Kier alpha value is -1.52. The lowest BCUT2D eigenvalue weighted by Gasteiger charge is -1.87. The number of oxazole rings is 1. The fourth-order valence-corrected chi connectivity index (χ4v) is 0.777. The molecule has 11 heavy (non-hydrogen) atoms. The molecule has 5 nitrogen and oxygen atoms in total. The molecule has 0 aliphatic heterocycles. The third-order valence-corrected chi connectivity index (χ3v) is 1.24. The Labute approximate surface area is 62.8 Å². The van der Waals surface area contributed by atoms with Gasteiger partial charge in [0.25, 0.3) is 6.01 Å². The number of hydrogen-bond donors (Lipinski definition) is 2. The van der Waals surface area contributed by atoms with Crippen LogP contribution in [0.2, 0.25) is 0 Å². The summed E-state index contributed by atoms with van der Waals surface area (Å²) >= 11 is 0. The number of nitrogens with two attached hydrogens (primary N) is 1. The van der Waals surface area contributed by atoms with E-state index in [9.17, 15) is 4.79 Å². The molecule has 3 N–H and O–H groups in total. The molecule has 1 aromatic rings. The largest absolute Gasteiger partial charge is 0.476 e. The zero-order chi connectivity index (χ0) is 8.43. The number of hydrogen-bond acceptors (Lipinski definition) is 4. The quantitative estimate of drug-likeness (QED) is 0.651. The van der Waals surface area contributed by atoms with Crippen molar-refractivity contribution in [2.75, 3.05) is 5.73 Å². The number of carboxylic acid groups (broad SMARTS) is 1. The van der Waals surface area contributed by atoms with Gasteiger partial charge in [0.15, 0.2) is 5.69 Å². The Morgan fingerprint density at radius 3 is 2.82 bits per heavy atom. The van der Waals surface area contributed by atoms with Crippen LogP contribution < -0.4 is 5.73 Å². The fourth-order valence-electron chi connectivity index (χ4n) is 0.777. The zero-order valence-corrected chi connectivity index (χ0v) is 6.00. The van der Waals surface area contributed by atoms with Crippen LogP contribution in [0.3, 0.4) is 0 Å². The minimum absolute atomic E-state index is 0.0926. The SMILES string of the molecule is CCc1oc(N)nc1C(=O)O. The zero-order valence-electron chi connectivity index (χ0n) is 6.00. The average Bonchev–Trinajstić information content (AvgIpc) is 2.30. The van der Waals surface area contributed by atoms with Crippen LogP contribution in [0, 0.1) is 0 Å². The number of nitrogen functional groups attached to an aromatic ring is 1. The number of nitrogens with zero attached hydrogens (tertiary/aromatic N) is 1. The van der Waals surface area contributed by atoms with Gasteiger partial charge in [0.1, 0.15) is 5.76 Å². The van der Waals surface area contributed by atoms with Crippen LogP contribution in [0.5, 0.6) is 0 Å². The van der Waals surface area contributed by atoms with Crippen LogP contribution in [0.1, 0.15) is 23.2 Å². The van der Waals surface area contributed by atoms with Crippen molar-refractivity contribution in [2.24, 2.45) is 0 Å². The van der Waals surface area contributed by atoms with Crippen LogP contribution in [-0.4, -0.2) is 16.1 Å². The monoisotopic (exact) mass is 156 g/mol. The van der Waals surface area contributed by atoms with Crippen molar-refractivity contribution in [3.63, 3.8) is 0 Å². The predicted octanol–water partition coefficient (Wildman–Crippen LogP) is 0.517. The highest BCUT2D eigenvalue weighted by molar-refractivity contribution is 5.86. The number of carboxylic acids is 1. The molecule has 0 saturated heterocycles. The molecule has 0 unspecified atom stereocenters. The molecule has 0 bridgehead atoms. The van der Waals surface area contributed by atoms with E-state index in [0.29, 0.717) is 12.2 Å². The van der Waals surface area contributed by atoms with Gasteiger partial charge in [-0.3, -0.25) is 0 Å². The number of aromatic nitrogens is 1. The summed E-state index contributed by atoms with van der Waals surface area (Å²) in [6, 6.07) is -0.0979. The van der Waals surface area contributed by atoms with Crippen LogP contribution >= 0.6 is 0 Å². The summed E-state index contributed by atoms with van der Waals surface area (Å²) < 4.78 is 4.81. The molecular formula is C6H8N2O3. The van der Waals surface area contributed by atoms with Gasteiger partial charge in [0, 0.05) is 6.42 Å². The summed E-state index contributed by atoms with van der Waals surface area (Å²) in [5.41, 5.74) is 5.06. The molecule has 0 saturated carbocycles. The van der Waals surface area contributed by atoms with Gasteiger partial charge in [-0.1, -0.05) is 6.92 Å². The van der Waals surface area contributed by atoms with Gasteiger partial charge in [-0.15, -0.1) is 0 Å². The van der Waals surface area contributed by atoms with E-state index in [0.717, 1.165) is 0 Å². The maximum absolute atomic E-state index is 10.4. The normalized spacial score (nSPS) is 9.91. The van der Waals surface area contributed by atoms with Gasteiger partial charge in [0.2, 0.25) is 0 Å². The first kappa shape index (κ1) is 7.59. The van der Waals surface area contributed by atoms with Gasteiger partial charge < -0.3 is 15.3 Å². The van der Waals surface area contributed by atoms with E-state index >= 15 is 0 Å². The first-order valence-electron chi connectivity index (χ1n) is 3.13. The van der Waals surface area contributed by atoms with Crippen molar-refractivity contribution < 1.29 is 14.3 Å². The van der Waals surface area contributed by atoms with Gasteiger partial charge in [-0.25, -0.2) is 4.79 Å². The molecule has 0 radical (unpaired) electrons. The molecule has 0 aliphatic rings. The number of aryl methyl sites for hydroxylation is 1. The minimum Gasteiger partial charge on any atom is -0.476 e. The predicted molar refractivity (Wildman–Crippen MR) is 37.3 cm³/mol. The molecule has 0 amide bonds. The Kier molecular flexibility index (Phi) is 1.80. The van der Waals surface area contributed by atoms with Crippen LogP contribution in [0.25, 0.3) is 0 Å². The molecule has 1 heterocycles. The Morgan fingerprint density at radius 1 is 1.82 bits per heavy atom. The first-order chi connectivity index (χ1) is 5.15. The number of aromatic carboxylic acids is 1. The van der Waals surface area contributed by atoms with Crippen LogP contribution in [0.15, 0.2) is 4.42 Å². The van der Waals surface area contributed by atoms with Crippen LogP contribution in [-0.2, 0) is 6.42 Å². The maximum atomic E-state index is 10.4. The van der Waals surface area contributed by atoms with E-state index in [4.69, 9.17) is 15.3 Å². The smallest absolute Gasteiger partial charge is 0.358 e. The molecule has 0 aromatic carbocycles. The second-order valence-corrected chi connectivity index (χ2v) is 1.98. The van der Waals surface area contributed by atoms with Crippen molar-refractivity contribution in [3.05, 3.63) is 11.5 Å². The van der Waals surface area contributed by atoms with Crippen molar-refractivity contribution in [1.82, 2.24) is 4.98 Å². The second kappa shape index (κ2) is 2.61. The molecule has 0 spiro atoms. The molecular weight excluding hydrogens is 148 g/mol. The molecule has 1 aromatic heterocycles. The summed E-state index contributed by atoms with van der Waals surface area (Å²) in [5.74, 6) is -0.794. The highest BCUT2D eigenvalue weighted by Gasteiger charge is 2.15. The van der Waals surface area contributed by atoms with E-state index in [1.165, 1.54) is 0 Å². The Balaban J connectivity index is 3.12. The Bertz CT molecular complexity index is 279. The molecule has 0 fully saturated rings. The van der Waals surface area contributed by atoms with E-state index in [1.807, 2.05) is 0 Å². The molecule has 1 rings (SSSR count). The highest BCUT2D eigenvalue weighted by Crippen LogP contribution is 2.12. The lowest BCUT2D eigenvalue weighted by atomic mass is 10.3. The van der Waals surface area contributed by atoms with Crippen LogP contribution in [0.4, 0.5) is 6.01 Å². The summed E-state index contributed by atoms with van der Waals surface area (Å²) in [6.07, 6.45) is 0.478. The summed E-state index contributed by atoms with van der Waals surface area (Å²) in [6.45, 7) is 1.77. The van der Waals surface area contributed by atoms with Crippen molar-refractivity contribution >= 4 is 12.0 Å². The van der Waals surface area contributed by atoms with Gasteiger partial charge in [0.05, 0.1) is 0 Å². The fraction of sp³-hybridized carbons (Fsp3) is 0.333. The molecule has 0 aliphatic carbocycles. The van der Waals surface area contributed by atoms with E-state index in [1.54, 1.807) is 6.92 Å². The number of anilines is 1. The van der Waals surface area contributed by atoms with Gasteiger partial charge >= 0.3 is 5.97 Å². The lowest BCUT2D eigenvalue weighted by Crippen LogP contribution is -2.00. The average molecular weight is 156 g/mol. The highest BCUT2D eigenvalue weighted by atomic mass is 16.4. The molecule has 5 heteroatoms. The van der Waals surface area contributed by atoms with Gasteiger partial charge in [-0.2, -0.15) is 4.98 Å². The van der Waals surface area contributed by atoms with Crippen molar-refractivity contribution in [1.29, 1.82) is 0 Å². The van der Waals surface area contributed by atoms with Crippen molar-refractivity contribution in [3.8, 4) is 0 Å². The van der Waals surface area contributed by atoms with Gasteiger partial charge in [-0.05, 0) is 0 Å². The Morgan fingerprint density at radius 2 is 2.45 bits per heavy atom. The third kappa shape index (κ3) is 1.31. The summed E-state index contributed by atoms with van der Waals surface area (Å²) in [7, 11) is 0. The maximum Gasteiger partial charge on any atom is 0.358 e. The van der Waals surface area contributed by atoms with E-state index < -0.39 is 5.97 Å². The number of rotatable bonds is 2.